The zero-order chi connectivity index (χ0) is 18.1. The molecule has 6 nitrogen and oxygen atoms in total. The maximum atomic E-state index is 11.8. The molecule has 0 unspecified atom stereocenters. The quantitative estimate of drug-likeness (QED) is 0.362. The van der Waals surface area contributed by atoms with Gasteiger partial charge in [0, 0.05) is 0 Å². The summed E-state index contributed by atoms with van der Waals surface area (Å²) < 4.78 is 9.65. The third-order valence-corrected chi connectivity index (χ3v) is 3.23. The van der Waals surface area contributed by atoms with Crippen molar-refractivity contribution in [2.75, 3.05) is 18.6 Å². The van der Waals surface area contributed by atoms with E-state index in [2.05, 4.69) is 10.5 Å². The number of carbonyl (C=O) groups is 2. The molecule has 1 N–H and O–H groups in total. The number of carbonyl (C=O) groups excluding carboxylic acids is 2. The van der Waals surface area contributed by atoms with Crippen molar-refractivity contribution in [2.24, 2.45) is 5.10 Å². The highest BCUT2D eigenvalue weighted by atomic mass is 16.6. The molecule has 0 aliphatic heterocycles. The van der Waals surface area contributed by atoms with Crippen LogP contribution in [0.5, 0.6) is 0 Å². The number of benzene rings is 2. The fourth-order valence-electron chi connectivity index (χ4n) is 2.06. The van der Waals surface area contributed by atoms with E-state index in [1.54, 1.807) is 26.0 Å². The minimum atomic E-state index is -0.825. The Labute approximate surface area is 146 Å². The van der Waals surface area contributed by atoms with E-state index in [0.29, 0.717) is 5.69 Å². The van der Waals surface area contributed by atoms with Crippen LogP contribution in [-0.4, -0.2) is 30.9 Å². The third-order valence-electron chi connectivity index (χ3n) is 3.23. The van der Waals surface area contributed by atoms with Gasteiger partial charge in [-0.25, -0.2) is 9.59 Å². The van der Waals surface area contributed by atoms with E-state index in [1.807, 2.05) is 42.5 Å². The van der Waals surface area contributed by atoms with Gasteiger partial charge in [-0.2, -0.15) is 5.10 Å². The van der Waals surface area contributed by atoms with Gasteiger partial charge in [-0.05, 0) is 37.1 Å². The molecule has 0 saturated heterocycles. The first-order valence-electron chi connectivity index (χ1n) is 7.99. The highest BCUT2D eigenvalue weighted by Gasteiger charge is 2.23. The van der Waals surface area contributed by atoms with Crippen LogP contribution in [0.4, 0.5) is 5.69 Å². The minimum absolute atomic E-state index is 0.142. The van der Waals surface area contributed by atoms with Crippen molar-refractivity contribution in [2.45, 2.75) is 13.8 Å². The van der Waals surface area contributed by atoms with Crippen molar-refractivity contribution >= 4 is 23.3 Å². The fourth-order valence-corrected chi connectivity index (χ4v) is 2.06. The molecule has 0 heterocycles. The van der Waals surface area contributed by atoms with E-state index in [1.165, 1.54) is 0 Å². The summed E-state index contributed by atoms with van der Waals surface area (Å²) in [6.45, 7) is 3.58. The second kappa shape index (κ2) is 9.22. The van der Waals surface area contributed by atoms with Gasteiger partial charge in [0.1, 0.15) is 0 Å². The largest absolute Gasteiger partial charge is 0.461 e. The molecule has 2 aromatic carbocycles. The summed E-state index contributed by atoms with van der Waals surface area (Å²) in [5.41, 5.74) is 5.04. The Morgan fingerprint density at radius 1 is 0.840 bits per heavy atom. The average molecular weight is 340 g/mol. The van der Waals surface area contributed by atoms with E-state index >= 15 is 0 Å². The smallest absolute Gasteiger partial charge is 0.366 e. The van der Waals surface area contributed by atoms with Crippen molar-refractivity contribution in [3.8, 4) is 11.1 Å². The minimum Gasteiger partial charge on any atom is -0.461 e. The molecule has 0 bridgehead atoms. The van der Waals surface area contributed by atoms with Crippen LogP contribution in [0.15, 0.2) is 59.7 Å². The molecule has 0 aliphatic rings. The Balaban J connectivity index is 2.14. The van der Waals surface area contributed by atoms with Crippen LogP contribution in [0.2, 0.25) is 0 Å². The molecule has 0 saturated carbocycles. The van der Waals surface area contributed by atoms with Gasteiger partial charge in [0.25, 0.3) is 5.71 Å². The standard InChI is InChI=1S/C19H20N2O4/c1-3-24-18(22)17(19(23)25-4-2)21-20-16-12-10-15(11-13-16)14-8-6-5-7-9-14/h5-13,20H,3-4H2,1-2H3. The number of anilines is 1. The van der Waals surface area contributed by atoms with Crippen molar-refractivity contribution in [1.82, 2.24) is 0 Å². The lowest BCUT2D eigenvalue weighted by molar-refractivity contribution is -0.140. The Hall–Kier alpha value is -3.15. The van der Waals surface area contributed by atoms with Crippen LogP contribution in [0, 0.1) is 0 Å². The van der Waals surface area contributed by atoms with Gasteiger partial charge in [-0.3, -0.25) is 5.43 Å². The number of ether oxygens (including phenoxy) is 2. The molecular weight excluding hydrogens is 320 g/mol. The van der Waals surface area contributed by atoms with Crippen molar-refractivity contribution in [3.05, 3.63) is 54.6 Å². The Morgan fingerprint density at radius 2 is 1.36 bits per heavy atom. The molecule has 0 spiro atoms. The number of hydrogen-bond acceptors (Lipinski definition) is 6. The molecule has 0 aromatic heterocycles. The van der Waals surface area contributed by atoms with Crippen molar-refractivity contribution in [1.29, 1.82) is 0 Å². The summed E-state index contributed by atoms with van der Waals surface area (Å²) in [5, 5.41) is 3.85. The van der Waals surface area contributed by atoms with Gasteiger partial charge in [0.05, 0.1) is 18.9 Å². The molecule has 130 valence electrons. The predicted octanol–water partition coefficient (Wildman–Crippen LogP) is 3.25. The molecule has 0 amide bonds. The number of nitrogens with zero attached hydrogens (tertiary/aromatic N) is 1. The molecule has 25 heavy (non-hydrogen) atoms. The van der Waals surface area contributed by atoms with Crippen LogP contribution >= 0.6 is 0 Å². The Kier molecular flexibility index (Phi) is 6.71. The van der Waals surface area contributed by atoms with E-state index < -0.39 is 17.7 Å². The Morgan fingerprint density at radius 3 is 1.88 bits per heavy atom. The van der Waals surface area contributed by atoms with Gasteiger partial charge < -0.3 is 9.47 Å². The number of esters is 2. The molecule has 0 atom stereocenters. The summed E-state index contributed by atoms with van der Waals surface area (Å²) in [5.74, 6) is -1.65. The first-order chi connectivity index (χ1) is 12.2. The number of nitrogens with one attached hydrogen (secondary N) is 1. The summed E-state index contributed by atoms with van der Waals surface area (Å²) in [7, 11) is 0. The highest BCUT2D eigenvalue weighted by molar-refractivity contribution is 6.62. The predicted molar refractivity (Wildman–Crippen MR) is 96.2 cm³/mol. The molecule has 2 aromatic rings. The molecule has 6 heteroatoms. The van der Waals surface area contributed by atoms with E-state index in [4.69, 9.17) is 9.47 Å². The maximum Gasteiger partial charge on any atom is 0.366 e. The SMILES string of the molecule is CCOC(=O)C(=NNc1ccc(-c2ccccc2)cc1)C(=O)OCC. The van der Waals surface area contributed by atoms with Gasteiger partial charge in [0.2, 0.25) is 0 Å². The van der Waals surface area contributed by atoms with Crippen LogP contribution in [0.3, 0.4) is 0 Å². The first-order valence-corrected chi connectivity index (χ1v) is 7.99. The number of hydrazone groups is 1. The second-order valence-corrected chi connectivity index (χ2v) is 4.96. The molecule has 0 radical (unpaired) electrons. The lowest BCUT2D eigenvalue weighted by Gasteiger charge is -2.07. The molecule has 0 fully saturated rings. The van der Waals surface area contributed by atoms with Gasteiger partial charge in [-0.1, -0.05) is 42.5 Å². The summed E-state index contributed by atoms with van der Waals surface area (Å²) in [4.78, 5) is 23.7. The summed E-state index contributed by atoms with van der Waals surface area (Å²) in [6, 6.07) is 17.4. The summed E-state index contributed by atoms with van der Waals surface area (Å²) in [6.07, 6.45) is 0. The van der Waals surface area contributed by atoms with Crippen LogP contribution in [-0.2, 0) is 19.1 Å². The molecular formula is C19H20N2O4. The van der Waals surface area contributed by atoms with Crippen LogP contribution in [0.25, 0.3) is 11.1 Å². The van der Waals surface area contributed by atoms with E-state index in [0.717, 1.165) is 11.1 Å². The fraction of sp³-hybridized carbons (Fsp3) is 0.211. The van der Waals surface area contributed by atoms with E-state index in [9.17, 15) is 9.59 Å². The van der Waals surface area contributed by atoms with Gasteiger partial charge >= 0.3 is 11.9 Å². The van der Waals surface area contributed by atoms with Gasteiger partial charge in [-0.15, -0.1) is 0 Å². The second-order valence-electron chi connectivity index (χ2n) is 4.96. The molecule has 0 aliphatic carbocycles. The Bertz CT molecular complexity index is 720. The third kappa shape index (κ3) is 5.17. The number of hydrogen-bond donors (Lipinski definition) is 1. The lowest BCUT2D eigenvalue weighted by atomic mass is 10.1. The first kappa shape index (κ1) is 18.2. The normalized spacial score (nSPS) is 9.84. The average Bonchev–Trinajstić information content (AvgIpc) is 2.63. The van der Waals surface area contributed by atoms with E-state index in [-0.39, 0.29) is 13.2 Å². The number of rotatable bonds is 7. The lowest BCUT2D eigenvalue weighted by Crippen LogP contribution is -2.29. The van der Waals surface area contributed by atoms with Gasteiger partial charge in [0.15, 0.2) is 0 Å². The van der Waals surface area contributed by atoms with Crippen molar-refractivity contribution < 1.29 is 19.1 Å². The van der Waals surface area contributed by atoms with Crippen LogP contribution < -0.4 is 5.43 Å². The summed E-state index contributed by atoms with van der Waals surface area (Å²) >= 11 is 0. The topological polar surface area (TPSA) is 77.0 Å². The van der Waals surface area contributed by atoms with Crippen molar-refractivity contribution in [3.63, 3.8) is 0 Å². The maximum absolute atomic E-state index is 11.8. The zero-order valence-electron chi connectivity index (χ0n) is 14.2. The monoisotopic (exact) mass is 340 g/mol. The molecule has 2 rings (SSSR count). The van der Waals surface area contributed by atoms with Crippen LogP contribution in [0.1, 0.15) is 13.8 Å². The zero-order valence-corrected chi connectivity index (χ0v) is 14.2. The highest BCUT2D eigenvalue weighted by Crippen LogP contribution is 2.20.